The van der Waals surface area contributed by atoms with Gasteiger partial charge in [-0.2, -0.15) is 0 Å². The van der Waals surface area contributed by atoms with E-state index in [9.17, 15) is 14.3 Å². The van der Waals surface area contributed by atoms with E-state index < -0.39 is 0 Å². The van der Waals surface area contributed by atoms with Crippen molar-refractivity contribution >= 4 is 39.7 Å². The average Bonchev–Trinajstić information content (AvgIpc) is 3.23. The predicted octanol–water partition coefficient (Wildman–Crippen LogP) is 4.38. The number of carbonyl (C=O) groups is 1. The number of hydrogen-bond acceptors (Lipinski definition) is 4. The van der Waals surface area contributed by atoms with Crippen LogP contribution < -0.4 is 5.32 Å². The number of rotatable bonds is 3. The van der Waals surface area contributed by atoms with Crippen LogP contribution in [0.3, 0.4) is 0 Å². The second-order valence-electron chi connectivity index (χ2n) is 5.75. The number of halogens is 1. The Morgan fingerprint density at radius 1 is 1.23 bits per heavy atom. The molecule has 5 nitrogen and oxygen atoms in total. The van der Waals surface area contributed by atoms with Crippen molar-refractivity contribution < 1.29 is 18.7 Å². The molecule has 2 aromatic carbocycles. The molecule has 0 atom stereocenters. The molecule has 0 aliphatic carbocycles. The summed E-state index contributed by atoms with van der Waals surface area (Å²) < 4.78 is 21.2. The number of phenolic OH excluding ortho intramolecular Hbond substituents is 1. The van der Waals surface area contributed by atoms with Gasteiger partial charge in [-0.15, -0.1) is 0 Å². The van der Waals surface area contributed by atoms with Crippen LogP contribution in [-0.2, 0) is 0 Å². The summed E-state index contributed by atoms with van der Waals surface area (Å²) in [6, 6.07) is 9.11. The molecule has 2 N–H and O–H groups in total. The largest absolute Gasteiger partial charge is 0.506 e. The second-order valence-corrected chi connectivity index (χ2v) is 6.51. The second kappa shape index (κ2) is 6.10. The third-order valence-electron chi connectivity index (χ3n) is 4.32. The first kappa shape index (κ1) is 16.5. The molecule has 2 aromatic heterocycles. The Morgan fingerprint density at radius 3 is 2.62 bits per heavy atom. The van der Waals surface area contributed by atoms with Crippen LogP contribution in [0.2, 0.25) is 0 Å². The van der Waals surface area contributed by atoms with Crippen molar-refractivity contribution in [1.82, 2.24) is 9.29 Å². The first-order valence-corrected chi connectivity index (χ1v) is 9.05. The minimum absolute atomic E-state index is 0.0588. The molecular formula is C19H15FN2O3S. The highest BCUT2D eigenvalue weighted by Gasteiger charge is 2.25. The quantitative estimate of drug-likeness (QED) is 0.561. The van der Waals surface area contributed by atoms with Crippen molar-refractivity contribution in [2.75, 3.05) is 13.3 Å². The van der Waals surface area contributed by atoms with Gasteiger partial charge in [0.1, 0.15) is 28.4 Å². The van der Waals surface area contributed by atoms with Crippen LogP contribution in [0, 0.1) is 5.82 Å². The van der Waals surface area contributed by atoms with Crippen molar-refractivity contribution in [1.29, 1.82) is 0 Å². The number of aromatic nitrogens is 1. The van der Waals surface area contributed by atoms with Gasteiger partial charge in [-0.1, -0.05) is 0 Å². The average molecular weight is 370 g/mol. The molecule has 1 amide bonds. The standard InChI is InChI=1S/C19H15FN2O3S/c1-21-19(24)15-13-9-14(23)16-12(7-8-22(16)26-2)18(13)25-17(15)10-3-5-11(20)6-4-10/h3-9,23H,1-2H3,(H,21,24). The number of fused-ring (bicyclic) bond motifs is 3. The number of nitrogens with zero attached hydrogens (tertiary/aromatic N) is 1. The molecule has 2 heterocycles. The topological polar surface area (TPSA) is 67.4 Å². The van der Waals surface area contributed by atoms with E-state index in [1.165, 1.54) is 37.2 Å². The molecule has 26 heavy (non-hydrogen) atoms. The van der Waals surface area contributed by atoms with E-state index >= 15 is 0 Å². The molecule has 4 aromatic rings. The summed E-state index contributed by atoms with van der Waals surface area (Å²) in [5.41, 5.74) is 2.01. The highest BCUT2D eigenvalue weighted by molar-refractivity contribution is 7.97. The number of nitrogens with one attached hydrogen (secondary N) is 1. The first-order chi connectivity index (χ1) is 12.5. The number of aromatic hydroxyl groups is 1. The van der Waals surface area contributed by atoms with Crippen molar-refractivity contribution in [3.63, 3.8) is 0 Å². The molecule has 0 fully saturated rings. The van der Waals surface area contributed by atoms with Gasteiger partial charge in [-0.25, -0.2) is 4.39 Å². The van der Waals surface area contributed by atoms with Gasteiger partial charge in [0.15, 0.2) is 0 Å². The van der Waals surface area contributed by atoms with Gasteiger partial charge in [-0.05, 0) is 48.3 Å². The number of furan rings is 1. The summed E-state index contributed by atoms with van der Waals surface area (Å²) in [6.07, 6.45) is 3.72. The van der Waals surface area contributed by atoms with Gasteiger partial charge in [0.2, 0.25) is 0 Å². The molecule has 0 bridgehead atoms. The van der Waals surface area contributed by atoms with Gasteiger partial charge in [0, 0.05) is 35.8 Å². The fraction of sp³-hybridized carbons (Fsp3) is 0.105. The van der Waals surface area contributed by atoms with Crippen LogP contribution >= 0.6 is 11.9 Å². The Bertz CT molecular complexity index is 1150. The smallest absolute Gasteiger partial charge is 0.255 e. The van der Waals surface area contributed by atoms with Crippen molar-refractivity contribution in [2.45, 2.75) is 0 Å². The van der Waals surface area contributed by atoms with Crippen LogP contribution in [0.25, 0.3) is 33.2 Å². The summed E-state index contributed by atoms with van der Waals surface area (Å²) in [7, 11) is 1.53. The van der Waals surface area contributed by atoms with Crippen molar-refractivity contribution in [3.05, 3.63) is 54.0 Å². The highest BCUT2D eigenvalue weighted by atomic mass is 32.2. The molecule has 0 saturated heterocycles. The Morgan fingerprint density at radius 2 is 1.96 bits per heavy atom. The van der Waals surface area contributed by atoms with Crippen LogP contribution in [0.4, 0.5) is 4.39 Å². The third-order valence-corrected chi connectivity index (χ3v) is 5.02. The molecular weight excluding hydrogens is 355 g/mol. The van der Waals surface area contributed by atoms with Crippen molar-refractivity contribution in [2.24, 2.45) is 0 Å². The van der Waals surface area contributed by atoms with E-state index in [4.69, 9.17) is 4.42 Å². The van der Waals surface area contributed by atoms with Gasteiger partial charge in [0.25, 0.3) is 5.91 Å². The predicted molar refractivity (Wildman–Crippen MR) is 101 cm³/mol. The van der Waals surface area contributed by atoms with E-state index in [1.807, 2.05) is 22.5 Å². The zero-order valence-electron chi connectivity index (χ0n) is 14.0. The summed E-state index contributed by atoms with van der Waals surface area (Å²) >= 11 is 1.44. The Balaban J connectivity index is 2.11. The van der Waals surface area contributed by atoms with Crippen LogP contribution in [-0.4, -0.2) is 28.3 Å². The molecule has 0 aliphatic heterocycles. The maximum Gasteiger partial charge on any atom is 0.255 e. The van der Waals surface area contributed by atoms with Crippen LogP contribution in [0.15, 0.2) is 47.0 Å². The minimum Gasteiger partial charge on any atom is -0.506 e. The molecule has 0 saturated carbocycles. The van der Waals surface area contributed by atoms with E-state index in [1.54, 1.807) is 12.1 Å². The zero-order valence-corrected chi connectivity index (χ0v) is 14.9. The van der Waals surface area contributed by atoms with Crippen molar-refractivity contribution in [3.8, 4) is 17.1 Å². The van der Waals surface area contributed by atoms with E-state index in [0.29, 0.717) is 38.8 Å². The Hall–Kier alpha value is -2.93. The van der Waals surface area contributed by atoms with Crippen LogP contribution in [0.1, 0.15) is 10.4 Å². The monoisotopic (exact) mass is 370 g/mol. The zero-order chi connectivity index (χ0) is 18.4. The van der Waals surface area contributed by atoms with Crippen LogP contribution in [0.5, 0.6) is 5.75 Å². The Kier molecular flexibility index (Phi) is 3.88. The molecule has 0 spiro atoms. The molecule has 7 heteroatoms. The summed E-state index contributed by atoms with van der Waals surface area (Å²) in [6.45, 7) is 0. The lowest BCUT2D eigenvalue weighted by atomic mass is 10.0. The maximum atomic E-state index is 13.3. The van der Waals surface area contributed by atoms with E-state index in [0.717, 1.165) is 0 Å². The molecule has 4 rings (SSSR count). The normalized spacial score (nSPS) is 11.3. The first-order valence-electron chi connectivity index (χ1n) is 7.87. The highest BCUT2D eigenvalue weighted by Crippen LogP contribution is 2.41. The van der Waals surface area contributed by atoms with Gasteiger partial charge < -0.3 is 14.8 Å². The lowest BCUT2D eigenvalue weighted by Crippen LogP contribution is -2.18. The number of amides is 1. The molecule has 132 valence electrons. The number of benzene rings is 2. The number of phenols is 1. The molecule has 0 unspecified atom stereocenters. The SMILES string of the molecule is CNC(=O)c1c(-c2ccc(F)cc2)oc2c1cc(O)c1c2ccn1SC. The fourth-order valence-electron chi connectivity index (χ4n) is 3.14. The number of carbonyl (C=O) groups excluding carboxylic acids is 1. The summed E-state index contributed by atoms with van der Waals surface area (Å²) in [4.78, 5) is 12.5. The lowest BCUT2D eigenvalue weighted by molar-refractivity contribution is 0.0964. The van der Waals surface area contributed by atoms with Gasteiger partial charge >= 0.3 is 0 Å². The fourth-order valence-corrected chi connectivity index (χ4v) is 3.70. The Labute approximate surface area is 152 Å². The van der Waals surface area contributed by atoms with Gasteiger partial charge in [-0.3, -0.25) is 8.77 Å². The lowest BCUT2D eigenvalue weighted by Gasteiger charge is -2.04. The number of hydrogen-bond donors (Lipinski definition) is 2. The minimum atomic E-state index is -0.372. The van der Waals surface area contributed by atoms with Gasteiger partial charge in [0.05, 0.1) is 5.56 Å². The maximum absolute atomic E-state index is 13.3. The molecule has 0 radical (unpaired) electrons. The van der Waals surface area contributed by atoms with E-state index in [2.05, 4.69) is 5.32 Å². The summed E-state index contributed by atoms with van der Waals surface area (Å²) in [5.74, 6) is -0.318. The third kappa shape index (κ3) is 2.35. The van der Waals surface area contributed by atoms with E-state index in [-0.39, 0.29) is 17.5 Å². The molecule has 0 aliphatic rings. The summed E-state index contributed by atoms with van der Waals surface area (Å²) in [5, 5.41) is 14.3.